The zero-order chi connectivity index (χ0) is 25.2. The SMILES string of the molecule is COc1ccc(OCC(=O)Nc2cc(C)nn2-c2nc3c(cnn3-c3cccc(C)c3)c(=O)[nH]2)cc1. The van der Waals surface area contributed by atoms with Gasteiger partial charge in [-0.25, -0.2) is 4.68 Å². The molecule has 0 aliphatic heterocycles. The predicted octanol–water partition coefficient (Wildman–Crippen LogP) is 2.94. The quantitative estimate of drug-likeness (QED) is 0.363. The van der Waals surface area contributed by atoms with E-state index in [9.17, 15) is 9.59 Å². The molecule has 2 aromatic carbocycles. The number of nitrogens with one attached hydrogen (secondary N) is 2. The van der Waals surface area contributed by atoms with E-state index >= 15 is 0 Å². The average molecular weight is 486 g/mol. The largest absolute Gasteiger partial charge is 0.497 e. The van der Waals surface area contributed by atoms with Crippen LogP contribution in [0.15, 0.2) is 65.6 Å². The van der Waals surface area contributed by atoms with Crippen molar-refractivity contribution in [2.45, 2.75) is 13.8 Å². The number of aryl methyl sites for hydroxylation is 2. The number of methoxy groups -OCH3 is 1. The van der Waals surface area contributed by atoms with Crippen molar-refractivity contribution in [1.29, 1.82) is 0 Å². The van der Waals surface area contributed by atoms with Crippen LogP contribution < -0.4 is 20.3 Å². The number of H-pyrrole nitrogens is 1. The first-order valence-electron chi connectivity index (χ1n) is 11.1. The topological polar surface area (TPSA) is 129 Å². The molecule has 11 heteroatoms. The van der Waals surface area contributed by atoms with E-state index in [1.165, 1.54) is 10.9 Å². The van der Waals surface area contributed by atoms with Crippen molar-refractivity contribution in [1.82, 2.24) is 29.5 Å². The molecule has 5 aromatic rings. The number of hydrogen-bond donors (Lipinski definition) is 2. The van der Waals surface area contributed by atoms with Gasteiger partial charge in [-0.15, -0.1) is 0 Å². The zero-order valence-electron chi connectivity index (χ0n) is 19.8. The van der Waals surface area contributed by atoms with E-state index in [0.29, 0.717) is 34.0 Å². The highest BCUT2D eigenvalue weighted by Crippen LogP contribution is 2.19. The first-order chi connectivity index (χ1) is 17.4. The van der Waals surface area contributed by atoms with Gasteiger partial charge in [-0.2, -0.15) is 19.9 Å². The van der Waals surface area contributed by atoms with Crippen LogP contribution in [0.1, 0.15) is 11.3 Å². The van der Waals surface area contributed by atoms with Crippen LogP contribution >= 0.6 is 0 Å². The number of fused-ring (bicyclic) bond motifs is 1. The molecule has 0 aliphatic carbocycles. The maximum absolute atomic E-state index is 12.8. The molecule has 11 nitrogen and oxygen atoms in total. The summed E-state index contributed by atoms with van der Waals surface area (Å²) in [5.74, 6) is 1.28. The Kier molecular flexibility index (Phi) is 5.95. The summed E-state index contributed by atoms with van der Waals surface area (Å²) in [4.78, 5) is 32.8. The highest BCUT2D eigenvalue weighted by molar-refractivity contribution is 5.91. The number of anilines is 1. The molecule has 0 aliphatic rings. The molecular weight excluding hydrogens is 462 g/mol. The minimum Gasteiger partial charge on any atom is -0.497 e. The molecule has 3 heterocycles. The Hall–Kier alpha value is -4.93. The molecule has 0 radical (unpaired) electrons. The van der Waals surface area contributed by atoms with Gasteiger partial charge in [-0.05, 0) is 55.8 Å². The number of rotatable bonds is 7. The average Bonchev–Trinajstić information content (AvgIpc) is 3.46. The third-order valence-corrected chi connectivity index (χ3v) is 5.40. The summed E-state index contributed by atoms with van der Waals surface area (Å²) in [6, 6.07) is 16.3. The van der Waals surface area contributed by atoms with Crippen LogP contribution in [0.3, 0.4) is 0 Å². The number of carbonyl (C=O) groups is 1. The number of aromatic amines is 1. The van der Waals surface area contributed by atoms with E-state index in [-0.39, 0.29) is 18.1 Å². The van der Waals surface area contributed by atoms with E-state index < -0.39 is 5.91 Å². The Morgan fingerprint density at radius 3 is 2.58 bits per heavy atom. The highest BCUT2D eigenvalue weighted by atomic mass is 16.5. The Balaban J connectivity index is 1.42. The standard InChI is InChI=1S/C25H23N7O4/c1-15-5-4-6-17(11-15)31-23-20(13-26-31)24(34)29-25(28-23)32-21(12-16(2)30-32)27-22(33)14-36-19-9-7-18(35-3)8-10-19/h4-13H,14H2,1-3H3,(H,27,33)(H,28,29,34). The number of amides is 1. The molecule has 2 N–H and O–H groups in total. The number of hydrogen-bond acceptors (Lipinski definition) is 7. The molecule has 36 heavy (non-hydrogen) atoms. The Labute approximate surface area is 205 Å². The lowest BCUT2D eigenvalue weighted by atomic mass is 10.2. The van der Waals surface area contributed by atoms with Gasteiger partial charge in [0, 0.05) is 6.07 Å². The fourth-order valence-corrected chi connectivity index (χ4v) is 3.71. The monoisotopic (exact) mass is 485 g/mol. The molecule has 3 aromatic heterocycles. The van der Waals surface area contributed by atoms with Crippen LogP contribution in [0.4, 0.5) is 5.82 Å². The smallest absolute Gasteiger partial charge is 0.263 e. The molecule has 5 rings (SSSR count). The Morgan fingerprint density at radius 2 is 1.83 bits per heavy atom. The van der Waals surface area contributed by atoms with E-state index in [0.717, 1.165) is 11.3 Å². The van der Waals surface area contributed by atoms with Crippen molar-refractivity contribution in [3.05, 3.63) is 82.4 Å². The van der Waals surface area contributed by atoms with Crippen molar-refractivity contribution in [3.8, 4) is 23.1 Å². The molecule has 0 saturated carbocycles. The molecule has 0 atom stereocenters. The van der Waals surface area contributed by atoms with Crippen LogP contribution in [0.5, 0.6) is 11.5 Å². The van der Waals surface area contributed by atoms with Gasteiger partial charge in [-0.3, -0.25) is 14.6 Å². The lowest BCUT2D eigenvalue weighted by Gasteiger charge is -2.10. The highest BCUT2D eigenvalue weighted by Gasteiger charge is 2.17. The number of nitrogens with zero attached hydrogens (tertiary/aromatic N) is 5. The van der Waals surface area contributed by atoms with Crippen LogP contribution in [-0.4, -0.2) is 49.2 Å². The van der Waals surface area contributed by atoms with Gasteiger partial charge < -0.3 is 14.8 Å². The van der Waals surface area contributed by atoms with Crippen LogP contribution in [0.2, 0.25) is 0 Å². The summed E-state index contributed by atoms with van der Waals surface area (Å²) in [5, 5.41) is 11.9. The van der Waals surface area contributed by atoms with Crippen molar-refractivity contribution in [2.24, 2.45) is 0 Å². The fraction of sp³-hybridized carbons (Fsp3) is 0.160. The van der Waals surface area contributed by atoms with E-state index in [1.54, 1.807) is 49.0 Å². The lowest BCUT2D eigenvalue weighted by molar-refractivity contribution is -0.118. The molecule has 0 unspecified atom stereocenters. The molecule has 182 valence electrons. The van der Waals surface area contributed by atoms with E-state index in [1.807, 2.05) is 31.2 Å². The zero-order valence-corrected chi connectivity index (χ0v) is 19.8. The second-order valence-corrected chi connectivity index (χ2v) is 8.12. The fourth-order valence-electron chi connectivity index (χ4n) is 3.71. The summed E-state index contributed by atoms with van der Waals surface area (Å²) in [6.45, 7) is 3.52. The van der Waals surface area contributed by atoms with E-state index in [4.69, 9.17) is 9.47 Å². The van der Waals surface area contributed by atoms with Gasteiger partial charge in [0.25, 0.3) is 11.5 Å². The minimum absolute atomic E-state index is 0.140. The number of ether oxygens (including phenoxy) is 2. The maximum atomic E-state index is 12.8. The second-order valence-electron chi connectivity index (χ2n) is 8.12. The predicted molar refractivity (Wildman–Crippen MR) is 133 cm³/mol. The summed E-state index contributed by atoms with van der Waals surface area (Å²) in [6.07, 6.45) is 1.47. The maximum Gasteiger partial charge on any atom is 0.263 e. The second kappa shape index (κ2) is 9.37. The van der Waals surface area contributed by atoms with Gasteiger partial charge in [0.05, 0.1) is 24.7 Å². The first kappa shape index (κ1) is 22.8. The molecule has 0 spiro atoms. The van der Waals surface area contributed by atoms with Crippen molar-refractivity contribution in [2.75, 3.05) is 19.0 Å². The summed E-state index contributed by atoms with van der Waals surface area (Å²) in [7, 11) is 1.57. The number of benzene rings is 2. The van der Waals surface area contributed by atoms with Gasteiger partial charge in [0.15, 0.2) is 12.3 Å². The van der Waals surface area contributed by atoms with Gasteiger partial charge >= 0.3 is 0 Å². The Bertz CT molecular complexity index is 1620. The minimum atomic E-state index is -0.403. The van der Waals surface area contributed by atoms with Crippen molar-refractivity contribution in [3.63, 3.8) is 0 Å². The first-order valence-corrected chi connectivity index (χ1v) is 11.1. The van der Waals surface area contributed by atoms with Crippen LogP contribution in [0, 0.1) is 13.8 Å². The summed E-state index contributed by atoms with van der Waals surface area (Å²) < 4.78 is 13.6. The normalized spacial score (nSPS) is 11.0. The van der Waals surface area contributed by atoms with Gasteiger partial charge in [-0.1, -0.05) is 12.1 Å². The summed E-state index contributed by atoms with van der Waals surface area (Å²) >= 11 is 0. The Morgan fingerprint density at radius 1 is 1.06 bits per heavy atom. The van der Waals surface area contributed by atoms with Gasteiger partial charge in [0.1, 0.15) is 22.7 Å². The third-order valence-electron chi connectivity index (χ3n) is 5.40. The van der Waals surface area contributed by atoms with Crippen LogP contribution in [-0.2, 0) is 4.79 Å². The third kappa shape index (κ3) is 4.53. The molecule has 1 amide bonds. The molecule has 0 fully saturated rings. The number of carbonyl (C=O) groups excluding carboxylic acids is 1. The summed E-state index contributed by atoms with van der Waals surface area (Å²) in [5.41, 5.74) is 2.44. The van der Waals surface area contributed by atoms with Crippen LogP contribution in [0.25, 0.3) is 22.7 Å². The van der Waals surface area contributed by atoms with Crippen molar-refractivity contribution < 1.29 is 14.3 Å². The molecular formula is C25H23N7O4. The molecule has 0 bridgehead atoms. The van der Waals surface area contributed by atoms with Gasteiger partial charge in [0.2, 0.25) is 5.95 Å². The number of aromatic nitrogens is 6. The molecule has 0 saturated heterocycles. The lowest BCUT2D eigenvalue weighted by Crippen LogP contribution is -2.23. The van der Waals surface area contributed by atoms with E-state index in [2.05, 4.69) is 25.5 Å². The van der Waals surface area contributed by atoms with Crippen molar-refractivity contribution >= 4 is 22.8 Å².